The van der Waals surface area contributed by atoms with Crippen LogP contribution in [-0.4, -0.2) is 87.5 Å². The Hall–Kier alpha value is -1.85. The summed E-state index contributed by atoms with van der Waals surface area (Å²) in [6, 6.07) is -0.718. The van der Waals surface area contributed by atoms with Crippen LogP contribution in [0.15, 0.2) is 48.6 Å². The summed E-state index contributed by atoms with van der Waals surface area (Å²) in [7, 11) is 0. The molecular formula is C78H147NO8. The summed E-state index contributed by atoms with van der Waals surface area (Å²) in [5, 5.41) is 55.0. The van der Waals surface area contributed by atoms with Crippen molar-refractivity contribution < 1.29 is 39.8 Å². The van der Waals surface area contributed by atoms with Crippen molar-refractivity contribution in [3.8, 4) is 0 Å². The van der Waals surface area contributed by atoms with E-state index in [-0.39, 0.29) is 12.5 Å². The smallest absolute Gasteiger partial charge is 0.220 e. The van der Waals surface area contributed by atoms with Gasteiger partial charge in [-0.2, -0.15) is 0 Å². The van der Waals surface area contributed by atoms with Gasteiger partial charge < -0.3 is 40.3 Å². The first-order valence-corrected chi connectivity index (χ1v) is 38.3. The SMILES string of the molecule is CC/C=C\C/C=C\C/C=C\C/C=C\CCCCCCCCCCCCCCCCCCCCCCCCCCCCCCC(=O)NC(COC1OC(CO)C(O)C(O)C1O)C(O)CCCCCCCCCCCCCCCCCCCCCCCCC. The molecule has 9 nitrogen and oxygen atoms in total. The highest BCUT2D eigenvalue weighted by molar-refractivity contribution is 5.76. The predicted molar refractivity (Wildman–Crippen MR) is 373 cm³/mol. The Labute approximate surface area is 539 Å². The van der Waals surface area contributed by atoms with Crippen molar-refractivity contribution >= 4 is 5.91 Å². The maximum atomic E-state index is 13.2. The number of nitrogens with one attached hydrogen (secondary N) is 1. The van der Waals surface area contributed by atoms with Gasteiger partial charge in [0, 0.05) is 6.42 Å². The predicted octanol–water partition coefficient (Wildman–Crippen LogP) is 21.5. The van der Waals surface area contributed by atoms with Gasteiger partial charge in [-0.15, -0.1) is 0 Å². The second-order valence-electron chi connectivity index (χ2n) is 26.8. The molecule has 1 fully saturated rings. The Kier molecular flexibility index (Phi) is 64.1. The summed E-state index contributed by atoms with van der Waals surface area (Å²) in [5.41, 5.74) is 0. The number of aliphatic hydroxyl groups is 5. The molecule has 0 aromatic rings. The number of hydrogen-bond acceptors (Lipinski definition) is 8. The van der Waals surface area contributed by atoms with E-state index in [1.807, 2.05) is 0 Å². The number of aliphatic hydroxyl groups excluding tert-OH is 5. The first-order valence-electron chi connectivity index (χ1n) is 38.3. The maximum Gasteiger partial charge on any atom is 0.220 e. The van der Waals surface area contributed by atoms with Crippen LogP contribution in [-0.2, 0) is 14.3 Å². The monoisotopic (exact) mass is 1230 g/mol. The van der Waals surface area contributed by atoms with Crippen molar-refractivity contribution in [2.24, 2.45) is 0 Å². The lowest BCUT2D eigenvalue weighted by Crippen LogP contribution is -2.60. The molecule has 7 unspecified atom stereocenters. The maximum absolute atomic E-state index is 13.2. The zero-order valence-electron chi connectivity index (χ0n) is 57.5. The molecule has 1 amide bonds. The van der Waals surface area contributed by atoms with E-state index >= 15 is 0 Å². The first-order chi connectivity index (χ1) is 42.8. The molecule has 1 aliphatic rings. The zero-order chi connectivity index (χ0) is 62.8. The summed E-state index contributed by atoms with van der Waals surface area (Å²) >= 11 is 0. The Bertz CT molecular complexity index is 1520. The molecule has 0 aliphatic carbocycles. The van der Waals surface area contributed by atoms with Crippen LogP contribution in [0.5, 0.6) is 0 Å². The third-order valence-corrected chi connectivity index (χ3v) is 18.4. The molecule has 7 atom stereocenters. The van der Waals surface area contributed by atoms with Crippen LogP contribution in [0.2, 0.25) is 0 Å². The second kappa shape index (κ2) is 67.1. The minimum Gasteiger partial charge on any atom is -0.394 e. The molecule has 1 heterocycles. The molecule has 0 aromatic heterocycles. The number of carbonyl (C=O) groups excluding carboxylic acids is 1. The fraction of sp³-hybridized carbons (Fsp3) is 0.885. The lowest BCUT2D eigenvalue weighted by molar-refractivity contribution is -0.302. The van der Waals surface area contributed by atoms with Gasteiger partial charge in [0.15, 0.2) is 6.29 Å². The van der Waals surface area contributed by atoms with Gasteiger partial charge in [0.1, 0.15) is 24.4 Å². The highest BCUT2D eigenvalue weighted by Gasteiger charge is 2.44. The number of allylic oxidation sites excluding steroid dienone is 8. The van der Waals surface area contributed by atoms with Crippen LogP contribution in [0.1, 0.15) is 386 Å². The van der Waals surface area contributed by atoms with Crippen LogP contribution in [0.3, 0.4) is 0 Å². The number of ether oxygens (including phenoxy) is 2. The van der Waals surface area contributed by atoms with Crippen molar-refractivity contribution in [1.29, 1.82) is 0 Å². The summed E-state index contributed by atoms with van der Waals surface area (Å²) in [6.07, 6.45) is 85.0. The number of rotatable bonds is 68. The van der Waals surface area contributed by atoms with E-state index < -0.39 is 49.5 Å². The third kappa shape index (κ3) is 55.5. The summed E-state index contributed by atoms with van der Waals surface area (Å²) in [5.74, 6) is -0.135. The standard InChI is InChI=1S/C78H147NO8/c1-3-5-7-9-11-13-15-17-19-21-23-25-27-28-29-30-31-32-33-34-35-36-37-38-39-40-41-42-43-44-46-48-50-52-54-56-58-60-62-64-66-68-74(82)79-71(70-86-78-77(85)76(84)75(83)73(69-80)87-78)72(81)67-65-63-61-59-57-55-53-51-49-47-45-26-24-22-20-18-16-14-12-10-8-6-4-2/h5,7,11,13,17,19,23,25,71-73,75-78,80-81,83-85H,3-4,6,8-10,12,14-16,18,20-22,24,26-70H2,1-2H3,(H,79,82)/b7-5-,13-11-,19-17-,25-23-. The molecule has 512 valence electrons. The normalized spacial score (nSPS) is 18.2. The van der Waals surface area contributed by atoms with Crippen LogP contribution in [0.4, 0.5) is 0 Å². The van der Waals surface area contributed by atoms with Crippen molar-refractivity contribution in [2.75, 3.05) is 13.2 Å². The topological polar surface area (TPSA) is 149 Å². The minimum absolute atomic E-state index is 0.133. The van der Waals surface area contributed by atoms with Crippen LogP contribution in [0, 0.1) is 0 Å². The van der Waals surface area contributed by atoms with Gasteiger partial charge in [0.2, 0.25) is 5.91 Å². The fourth-order valence-electron chi connectivity index (χ4n) is 12.5. The van der Waals surface area contributed by atoms with E-state index in [2.05, 4.69) is 67.8 Å². The first kappa shape index (κ1) is 83.2. The van der Waals surface area contributed by atoms with Crippen LogP contribution in [0.25, 0.3) is 0 Å². The number of hydrogen-bond donors (Lipinski definition) is 6. The molecule has 0 spiro atoms. The lowest BCUT2D eigenvalue weighted by atomic mass is 9.99. The molecule has 0 bridgehead atoms. The van der Waals surface area contributed by atoms with Gasteiger partial charge in [0.25, 0.3) is 0 Å². The number of amides is 1. The van der Waals surface area contributed by atoms with Gasteiger partial charge in [-0.25, -0.2) is 0 Å². The van der Waals surface area contributed by atoms with E-state index in [1.165, 1.54) is 295 Å². The van der Waals surface area contributed by atoms with Crippen molar-refractivity contribution in [2.45, 2.75) is 429 Å². The van der Waals surface area contributed by atoms with Gasteiger partial charge in [0.05, 0.1) is 25.4 Å². The van der Waals surface area contributed by atoms with Gasteiger partial charge in [-0.05, 0) is 51.4 Å². The van der Waals surface area contributed by atoms with Gasteiger partial charge in [-0.1, -0.05) is 377 Å². The molecule has 6 N–H and O–H groups in total. The quantitative estimate of drug-likeness (QED) is 0.0261. The van der Waals surface area contributed by atoms with Crippen LogP contribution >= 0.6 is 0 Å². The minimum atomic E-state index is -1.55. The van der Waals surface area contributed by atoms with E-state index in [9.17, 15) is 30.3 Å². The molecule has 1 aliphatic heterocycles. The molecule has 1 saturated heterocycles. The molecule has 9 heteroatoms. The molecule has 0 radical (unpaired) electrons. The van der Waals surface area contributed by atoms with E-state index in [0.29, 0.717) is 12.8 Å². The van der Waals surface area contributed by atoms with Crippen molar-refractivity contribution in [3.63, 3.8) is 0 Å². The van der Waals surface area contributed by atoms with Gasteiger partial charge >= 0.3 is 0 Å². The highest BCUT2D eigenvalue weighted by atomic mass is 16.7. The molecular weight excluding hydrogens is 1080 g/mol. The Morgan fingerprint density at radius 2 is 0.713 bits per heavy atom. The molecule has 1 rings (SSSR count). The molecule has 0 saturated carbocycles. The van der Waals surface area contributed by atoms with Crippen molar-refractivity contribution in [3.05, 3.63) is 48.6 Å². The summed E-state index contributed by atoms with van der Waals surface area (Å²) in [4.78, 5) is 13.2. The average molecular weight is 1230 g/mol. The fourth-order valence-corrected chi connectivity index (χ4v) is 12.5. The largest absolute Gasteiger partial charge is 0.394 e. The highest BCUT2D eigenvalue weighted by Crippen LogP contribution is 2.24. The molecule has 87 heavy (non-hydrogen) atoms. The third-order valence-electron chi connectivity index (χ3n) is 18.4. The zero-order valence-corrected chi connectivity index (χ0v) is 57.5. The number of unbranched alkanes of at least 4 members (excludes halogenated alkanes) is 50. The summed E-state index contributed by atoms with van der Waals surface area (Å²) < 4.78 is 11.4. The van der Waals surface area contributed by atoms with E-state index in [1.54, 1.807) is 0 Å². The Morgan fingerprint density at radius 3 is 1.06 bits per heavy atom. The van der Waals surface area contributed by atoms with Crippen LogP contribution < -0.4 is 5.32 Å². The van der Waals surface area contributed by atoms with E-state index in [0.717, 1.165) is 64.2 Å². The Morgan fingerprint density at radius 1 is 0.402 bits per heavy atom. The Balaban J connectivity index is 2.02. The average Bonchev–Trinajstić information content (AvgIpc) is 3.47. The number of carbonyl (C=O) groups is 1. The van der Waals surface area contributed by atoms with E-state index in [4.69, 9.17) is 9.47 Å². The summed E-state index contributed by atoms with van der Waals surface area (Å²) in [6.45, 7) is 3.78. The lowest BCUT2D eigenvalue weighted by Gasteiger charge is -2.40. The van der Waals surface area contributed by atoms with Gasteiger partial charge in [-0.3, -0.25) is 4.79 Å². The molecule has 0 aromatic carbocycles. The second-order valence-corrected chi connectivity index (χ2v) is 26.8. The van der Waals surface area contributed by atoms with Crippen molar-refractivity contribution in [1.82, 2.24) is 5.32 Å².